The van der Waals surface area contributed by atoms with Crippen molar-refractivity contribution in [3.05, 3.63) is 12.3 Å². The molecule has 1 heterocycles. The third-order valence-electron chi connectivity index (χ3n) is 3.51. The van der Waals surface area contributed by atoms with Crippen molar-refractivity contribution in [2.45, 2.75) is 45.6 Å². The van der Waals surface area contributed by atoms with Gasteiger partial charge in [-0.15, -0.1) is 0 Å². The lowest BCUT2D eigenvalue weighted by Crippen LogP contribution is -2.30. The van der Waals surface area contributed by atoms with Crippen molar-refractivity contribution in [1.82, 2.24) is 9.78 Å². The minimum atomic E-state index is 0.546. The van der Waals surface area contributed by atoms with Crippen molar-refractivity contribution in [3.8, 4) is 0 Å². The summed E-state index contributed by atoms with van der Waals surface area (Å²) in [6, 6.07) is 2.67. The molecule has 0 atom stereocenters. The quantitative estimate of drug-likeness (QED) is 0.808. The summed E-state index contributed by atoms with van der Waals surface area (Å²) in [6.45, 7) is 4.74. The number of anilines is 1. The average molecular weight is 207 g/mol. The maximum Gasteiger partial charge on any atom is 0.124 e. The molecule has 1 aliphatic carbocycles. The number of aromatic nitrogens is 2. The van der Waals surface area contributed by atoms with Gasteiger partial charge in [0, 0.05) is 19.2 Å². The Kier molecular flexibility index (Phi) is 2.72. The van der Waals surface area contributed by atoms with Crippen LogP contribution >= 0.6 is 0 Å². The summed E-state index contributed by atoms with van der Waals surface area (Å²) in [5, 5.41) is 7.73. The molecule has 0 unspecified atom stereocenters. The summed E-state index contributed by atoms with van der Waals surface area (Å²) in [7, 11) is 1.98. The molecule has 1 fully saturated rings. The van der Waals surface area contributed by atoms with E-state index in [0.717, 1.165) is 5.82 Å². The Morgan fingerprint density at radius 2 is 2.07 bits per heavy atom. The monoisotopic (exact) mass is 207 g/mol. The van der Waals surface area contributed by atoms with Gasteiger partial charge in [0.25, 0.3) is 0 Å². The first-order chi connectivity index (χ1) is 7.07. The first-order valence-electron chi connectivity index (χ1n) is 5.81. The molecule has 0 aliphatic heterocycles. The zero-order chi connectivity index (χ0) is 10.9. The number of nitrogens with zero attached hydrogens (tertiary/aromatic N) is 2. The lowest BCUT2D eigenvalue weighted by molar-refractivity contribution is 0.232. The molecule has 3 heteroatoms. The van der Waals surface area contributed by atoms with Crippen molar-refractivity contribution in [1.29, 1.82) is 0 Å². The van der Waals surface area contributed by atoms with E-state index in [2.05, 4.69) is 24.3 Å². The van der Waals surface area contributed by atoms with E-state index >= 15 is 0 Å². The molecule has 0 saturated heterocycles. The topological polar surface area (TPSA) is 29.9 Å². The summed E-state index contributed by atoms with van der Waals surface area (Å²) < 4.78 is 1.90. The van der Waals surface area contributed by atoms with E-state index in [1.54, 1.807) is 0 Å². The van der Waals surface area contributed by atoms with Crippen LogP contribution < -0.4 is 5.32 Å². The minimum Gasteiger partial charge on any atom is -0.368 e. The van der Waals surface area contributed by atoms with Crippen LogP contribution in [0.4, 0.5) is 5.82 Å². The van der Waals surface area contributed by atoms with E-state index in [1.165, 1.54) is 25.7 Å². The molecule has 1 saturated carbocycles. The van der Waals surface area contributed by atoms with E-state index in [0.29, 0.717) is 11.5 Å². The number of aryl methyl sites for hydroxylation is 1. The Morgan fingerprint density at radius 3 is 2.60 bits per heavy atom. The van der Waals surface area contributed by atoms with E-state index in [1.807, 2.05) is 24.0 Å². The van der Waals surface area contributed by atoms with Gasteiger partial charge in [-0.2, -0.15) is 5.10 Å². The summed E-state index contributed by atoms with van der Waals surface area (Å²) >= 11 is 0. The molecular formula is C12H21N3. The second-order valence-electron chi connectivity index (χ2n) is 5.42. The largest absolute Gasteiger partial charge is 0.368 e. The summed E-state index contributed by atoms with van der Waals surface area (Å²) in [6.07, 6.45) is 7.04. The molecule has 0 amide bonds. The maximum atomic E-state index is 4.16. The van der Waals surface area contributed by atoms with Crippen molar-refractivity contribution in [2.24, 2.45) is 12.5 Å². The molecule has 0 aromatic carbocycles. The first-order valence-corrected chi connectivity index (χ1v) is 5.81. The lowest BCUT2D eigenvalue weighted by Gasteiger charge is -2.34. The predicted molar refractivity (Wildman–Crippen MR) is 62.9 cm³/mol. The summed E-state index contributed by atoms with van der Waals surface area (Å²) in [5.74, 6) is 1.14. The van der Waals surface area contributed by atoms with Gasteiger partial charge in [-0.05, 0) is 31.1 Å². The molecule has 84 valence electrons. The van der Waals surface area contributed by atoms with Crippen molar-refractivity contribution < 1.29 is 0 Å². The second-order valence-corrected chi connectivity index (χ2v) is 5.42. The third-order valence-corrected chi connectivity index (χ3v) is 3.51. The van der Waals surface area contributed by atoms with Gasteiger partial charge < -0.3 is 5.32 Å². The van der Waals surface area contributed by atoms with E-state index in [9.17, 15) is 0 Å². The Bertz CT molecular complexity index is 317. The Labute approximate surface area is 91.9 Å². The molecule has 0 spiro atoms. The highest BCUT2D eigenvalue weighted by Crippen LogP contribution is 2.35. The van der Waals surface area contributed by atoms with E-state index in [-0.39, 0.29) is 0 Å². The van der Waals surface area contributed by atoms with E-state index in [4.69, 9.17) is 0 Å². The summed E-state index contributed by atoms with van der Waals surface area (Å²) in [5.41, 5.74) is 0.546. The van der Waals surface area contributed by atoms with Crippen molar-refractivity contribution >= 4 is 5.82 Å². The predicted octanol–water partition coefficient (Wildman–Crippen LogP) is 2.80. The van der Waals surface area contributed by atoms with Gasteiger partial charge in [0.05, 0.1) is 6.20 Å². The zero-order valence-corrected chi connectivity index (χ0v) is 9.95. The number of nitrogens with one attached hydrogen (secondary N) is 1. The van der Waals surface area contributed by atoms with Crippen molar-refractivity contribution in [2.75, 3.05) is 5.32 Å². The number of hydrogen-bond acceptors (Lipinski definition) is 2. The zero-order valence-electron chi connectivity index (χ0n) is 9.95. The van der Waals surface area contributed by atoms with Gasteiger partial charge in [-0.1, -0.05) is 13.8 Å². The van der Waals surface area contributed by atoms with Gasteiger partial charge in [-0.3, -0.25) is 4.68 Å². The molecule has 0 bridgehead atoms. The van der Waals surface area contributed by atoms with Crippen LogP contribution in [0.2, 0.25) is 0 Å². The fraction of sp³-hybridized carbons (Fsp3) is 0.750. The SMILES string of the molecule is Cn1nccc1NC1CCC(C)(C)CC1. The van der Waals surface area contributed by atoms with Gasteiger partial charge in [0.15, 0.2) is 0 Å². The van der Waals surface area contributed by atoms with Crippen LogP contribution in [0.3, 0.4) is 0 Å². The minimum absolute atomic E-state index is 0.546. The molecule has 15 heavy (non-hydrogen) atoms. The van der Waals surface area contributed by atoms with Gasteiger partial charge >= 0.3 is 0 Å². The fourth-order valence-corrected chi connectivity index (χ4v) is 2.27. The Morgan fingerprint density at radius 1 is 1.40 bits per heavy atom. The van der Waals surface area contributed by atoms with Crippen LogP contribution in [0.1, 0.15) is 39.5 Å². The smallest absolute Gasteiger partial charge is 0.124 e. The average Bonchev–Trinajstić information content (AvgIpc) is 2.56. The molecule has 3 nitrogen and oxygen atoms in total. The normalized spacial score (nSPS) is 21.5. The van der Waals surface area contributed by atoms with Gasteiger partial charge in [-0.25, -0.2) is 0 Å². The first kappa shape index (κ1) is 10.5. The molecule has 1 N–H and O–H groups in total. The summed E-state index contributed by atoms with van der Waals surface area (Å²) in [4.78, 5) is 0. The third kappa shape index (κ3) is 2.52. The highest BCUT2D eigenvalue weighted by molar-refractivity contribution is 5.34. The second kappa shape index (κ2) is 3.87. The lowest BCUT2D eigenvalue weighted by atomic mass is 9.75. The molecule has 0 radical (unpaired) electrons. The van der Waals surface area contributed by atoms with Gasteiger partial charge in [0.2, 0.25) is 0 Å². The highest BCUT2D eigenvalue weighted by atomic mass is 15.3. The standard InChI is InChI=1S/C12H21N3/c1-12(2)7-4-10(5-8-12)14-11-6-9-13-15(11)3/h6,9-10,14H,4-5,7-8H2,1-3H3. The maximum absolute atomic E-state index is 4.16. The van der Waals surface area contributed by atoms with Crippen LogP contribution in [-0.2, 0) is 7.05 Å². The van der Waals surface area contributed by atoms with Crippen LogP contribution in [0.5, 0.6) is 0 Å². The highest BCUT2D eigenvalue weighted by Gasteiger charge is 2.26. The Balaban J connectivity index is 1.90. The molecule has 1 aromatic rings. The van der Waals surface area contributed by atoms with Crippen LogP contribution in [0, 0.1) is 5.41 Å². The van der Waals surface area contributed by atoms with E-state index < -0.39 is 0 Å². The van der Waals surface area contributed by atoms with Crippen LogP contribution in [0.15, 0.2) is 12.3 Å². The molecule has 1 aliphatic rings. The van der Waals surface area contributed by atoms with Crippen LogP contribution in [0.25, 0.3) is 0 Å². The fourth-order valence-electron chi connectivity index (χ4n) is 2.27. The van der Waals surface area contributed by atoms with Gasteiger partial charge in [0.1, 0.15) is 5.82 Å². The molecular weight excluding hydrogens is 186 g/mol. The van der Waals surface area contributed by atoms with Crippen LogP contribution in [-0.4, -0.2) is 15.8 Å². The number of rotatable bonds is 2. The molecule has 2 rings (SSSR count). The Hall–Kier alpha value is -0.990. The van der Waals surface area contributed by atoms with Crippen molar-refractivity contribution in [3.63, 3.8) is 0 Å². The molecule has 1 aromatic heterocycles. The number of hydrogen-bond donors (Lipinski definition) is 1.